The minimum Gasteiger partial charge on any atom is -0.507 e. The summed E-state index contributed by atoms with van der Waals surface area (Å²) in [6.45, 7) is 0. The largest absolute Gasteiger partial charge is 0.507 e. The average molecular weight is 528 g/mol. The van der Waals surface area contributed by atoms with Crippen LogP contribution in [0.5, 0.6) is 11.5 Å². The van der Waals surface area contributed by atoms with Gasteiger partial charge < -0.3 is 14.6 Å². The summed E-state index contributed by atoms with van der Waals surface area (Å²) in [4.78, 5) is 4.41. The second-order valence-electron chi connectivity index (χ2n) is 5.56. The third-order valence-corrected chi connectivity index (χ3v) is 3.84. The van der Waals surface area contributed by atoms with Crippen molar-refractivity contribution in [2.24, 2.45) is 0 Å². The third kappa shape index (κ3) is 3.55. The number of aromatic hydroxyl groups is 2. The molecule has 4 rings (SSSR count). The Morgan fingerprint density at radius 3 is 2.42 bits per heavy atom. The average Bonchev–Trinajstić information content (AvgIpc) is 3.26. The smallest absolute Gasteiger partial charge is 0.200 e. The topological polar surface area (TPSA) is 84.3 Å². The van der Waals surface area contributed by atoms with Gasteiger partial charge in [0.15, 0.2) is 0 Å². The Balaban J connectivity index is 0.00000196. The van der Waals surface area contributed by atoms with Crippen LogP contribution in [0, 0.1) is 0 Å². The van der Waals surface area contributed by atoms with Gasteiger partial charge in [-0.25, -0.2) is 9.67 Å². The fourth-order valence-corrected chi connectivity index (χ4v) is 2.61. The number of hydrogen-bond donors (Lipinski definition) is 2. The van der Waals surface area contributed by atoms with Crippen LogP contribution < -0.4 is 0 Å². The quantitative estimate of drug-likeness (QED) is 0.424. The molecule has 0 bridgehead atoms. The van der Waals surface area contributed by atoms with E-state index in [1.165, 1.54) is 6.26 Å². The molecule has 7 heteroatoms. The van der Waals surface area contributed by atoms with Crippen molar-refractivity contribution in [3.8, 4) is 28.4 Å². The molecule has 0 saturated carbocycles. The maximum Gasteiger partial charge on any atom is 0.200 e. The van der Waals surface area contributed by atoms with E-state index in [0.29, 0.717) is 29.3 Å². The van der Waals surface area contributed by atoms with Crippen LogP contribution >= 0.6 is 0 Å². The minimum absolute atomic E-state index is 0. The molecule has 0 fully saturated rings. The number of para-hydroxylation sites is 3. The van der Waals surface area contributed by atoms with Gasteiger partial charge in [0.05, 0.1) is 12.1 Å². The van der Waals surface area contributed by atoms with E-state index in [1.807, 2.05) is 18.2 Å². The molecule has 0 saturated heterocycles. The SMILES string of the molecule is Oc1ccccc1-c1coc(Cc2ccn(-c3ccccc3O)n2)n1.[Pt]. The predicted octanol–water partition coefficient (Wildman–Crippen LogP) is 3.53. The van der Waals surface area contributed by atoms with Crippen LogP contribution in [0.1, 0.15) is 11.6 Å². The van der Waals surface area contributed by atoms with Crippen LogP contribution in [0.4, 0.5) is 0 Å². The van der Waals surface area contributed by atoms with E-state index >= 15 is 0 Å². The van der Waals surface area contributed by atoms with Gasteiger partial charge in [-0.2, -0.15) is 5.10 Å². The first-order chi connectivity index (χ1) is 12.2. The maximum absolute atomic E-state index is 9.90. The molecule has 0 unspecified atom stereocenters. The number of phenolic OH excluding ortho intramolecular Hbond substituents is 2. The Hall–Kier alpha value is -2.85. The number of aromatic nitrogens is 3. The summed E-state index contributed by atoms with van der Waals surface area (Å²) in [6, 6.07) is 15.8. The zero-order valence-electron chi connectivity index (χ0n) is 13.5. The molecular formula is C19H15N3O3Pt. The molecule has 4 aromatic rings. The van der Waals surface area contributed by atoms with Crippen molar-refractivity contribution in [1.29, 1.82) is 0 Å². The molecule has 0 radical (unpaired) electrons. The second-order valence-corrected chi connectivity index (χ2v) is 5.56. The van der Waals surface area contributed by atoms with Crippen LogP contribution in [0.3, 0.4) is 0 Å². The number of phenols is 2. The summed E-state index contributed by atoms with van der Waals surface area (Å²) >= 11 is 0. The molecule has 2 heterocycles. The first kappa shape index (κ1) is 18.0. The molecule has 0 aliphatic heterocycles. The first-order valence-corrected chi connectivity index (χ1v) is 7.76. The zero-order valence-corrected chi connectivity index (χ0v) is 15.8. The van der Waals surface area contributed by atoms with E-state index in [0.717, 1.165) is 5.69 Å². The van der Waals surface area contributed by atoms with Crippen molar-refractivity contribution in [1.82, 2.24) is 14.8 Å². The molecule has 2 aromatic carbocycles. The third-order valence-electron chi connectivity index (χ3n) is 3.84. The summed E-state index contributed by atoms with van der Waals surface area (Å²) in [7, 11) is 0. The fourth-order valence-electron chi connectivity index (χ4n) is 2.61. The molecule has 2 N–H and O–H groups in total. The molecule has 2 aromatic heterocycles. The van der Waals surface area contributed by atoms with Crippen LogP contribution in [-0.4, -0.2) is 25.0 Å². The number of nitrogens with zero attached hydrogens (tertiary/aromatic N) is 3. The zero-order chi connectivity index (χ0) is 17.2. The van der Waals surface area contributed by atoms with Crippen molar-refractivity contribution in [2.75, 3.05) is 0 Å². The standard InChI is InChI=1S/C19H15N3O3.Pt/c23-17-7-3-1-5-14(17)15-12-25-19(20-15)11-13-9-10-22(21-13)16-6-2-4-8-18(16)24;/h1-10,12,23-24H,11H2;. The van der Waals surface area contributed by atoms with Crippen LogP contribution in [-0.2, 0) is 27.5 Å². The minimum atomic E-state index is 0. The van der Waals surface area contributed by atoms with Gasteiger partial charge in [-0.05, 0) is 30.3 Å². The van der Waals surface area contributed by atoms with Gasteiger partial charge >= 0.3 is 0 Å². The van der Waals surface area contributed by atoms with E-state index < -0.39 is 0 Å². The Morgan fingerprint density at radius 1 is 0.923 bits per heavy atom. The number of oxazole rings is 1. The maximum atomic E-state index is 9.90. The van der Waals surface area contributed by atoms with Crippen molar-refractivity contribution in [3.63, 3.8) is 0 Å². The van der Waals surface area contributed by atoms with Crippen LogP contribution in [0.2, 0.25) is 0 Å². The summed E-state index contributed by atoms with van der Waals surface area (Å²) in [5.41, 5.74) is 2.57. The van der Waals surface area contributed by atoms with Gasteiger partial charge in [-0.3, -0.25) is 0 Å². The fraction of sp³-hybridized carbons (Fsp3) is 0.0526. The Bertz CT molecular complexity index is 944. The summed E-state index contributed by atoms with van der Waals surface area (Å²) in [5, 5.41) is 24.2. The number of rotatable bonds is 4. The second kappa shape index (κ2) is 7.58. The molecule has 0 aliphatic rings. The summed E-state index contributed by atoms with van der Waals surface area (Å²) in [6.07, 6.45) is 3.70. The Labute approximate surface area is 164 Å². The molecule has 6 nitrogen and oxygen atoms in total. The van der Waals surface area contributed by atoms with E-state index in [-0.39, 0.29) is 32.6 Å². The molecular weight excluding hydrogens is 513 g/mol. The first-order valence-electron chi connectivity index (χ1n) is 7.76. The molecule has 134 valence electrons. The monoisotopic (exact) mass is 528 g/mol. The van der Waals surface area contributed by atoms with Gasteiger partial charge in [0, 0.05) is 32.8 Å². The van der Waals surface area contributed by atoms with Crippen molar-refractivity contribution in [3.05, 3.63) is 78.6 Å². The van der Waals surface area contributed by atoms with Gasteiger partial charge in [-0.1, -0.05) is 24.3 Å². The molecule has 0 spiro atoms. The van der Waals surface area contributed by atoms with Crippen molar-refractivity contribution in [2.45, 2.75) is 6.42 Å². The normalized spacial score (nSPS) is 10.5. The van der Waals surface area contributed by atoms with E-state index in [9.17, 15) is 10.2 Å². The van der Waals surface area contributed by atoms with E-state index in [4.69, 9.17) is 4.42 Å². The van der Waals surface area contributed by atoms with E-state index in [2.05, 4.69) is 10.1 Å². The molecule has 0 aliphatic carbocycles. The molecule has 0 atom stereocenters. The number of hydrogen-bond acceptors (Lipinski definition) is 5. The molecule has 0 amide bonds. The van der Waals surface area contributed by atoms with Crippen molar-refractivity contribution < 1.29 is 35.7 Å². The molecule has 26 heavy (non-hydrogen) atoms. The van der Waals surface area contributed by atoms with Gasteiger partial charge in [0.25, 0.3) is 0 Å². The summed E-state index contributed by atoms with van der Waals surface area (Å²) in [5.74, 6) is 0.821. The Morgan fingerprint density at radius 2 is 1.65 bits per heavy atom. The number of benzene rings is 2. The predicted molar refractivity (Wildman–Crippen MR) is 91.6 cm³/mol. The van der Waals surface area contributed by atoms with Crippen LogP contribution in [0.15, 0.2) is 71.5 Å². The van der Waals surface area contributed by atoms with Gasteiger partial charge in [0.2, 0.25) is 5.89 Å². The van der Waals surface area contributed by atoms with Gasteiger partial charge in [0.1, 0.15) is 29.1 Å². The van der Waals surface area contributed by atoms with Crippen LogP contribution in [0.25, 0.3) is 16.9 Å². The van der Waals surface area contributed by atoms with Gasteiger partial charge in [-0.15, -0.1) is 0 Å². The Kier molecular flexibility index (Phi) is 5.24. The van der Waals surface area contributed by atoms with E-state index in [1.54, 1.807) is 47.3 Å². The summed E-state index contributed by atoms with van der Waals surface area (Å²) < 4.78 is 7.10. The van der Waals surface area contributed by atoms with Crippen molar-refractivity contribution >= 4 is 0 Å².